The van der Waals surface area contributed by atoms with Crippen LogP contribution in [0.25, 0.3) is 11.2 Å². The highest BCUT2D eigenvalue weighted by Crippen LogP contribution is 2.25. The molecule has 2 N–H and O–H groups in total. The first-order valence-electron chi connectivity index (χ1n) is 7.49. The molecule has 6 heteroatoms. The van der Waals surface area contributed by atoms with Gasteiger partial charge < -0.3 is 10.3 Å². The number of nitrogens with zero attached hydrogens (tertiary/aromatic N) is 2. The summed E-state index contributed by atoms with van der Waals surface area (Å²) in [7, 11) is 0. The molecule has 2 heterocycles. The predicted octanol–water partition coefficient (Wildman–Crippen LogP) is 2.82. The van der Waals surface area contributed by atoms with Gasteiger partial charge in [-0.3, -0.25) is 4.79 Å². The maximum absolute atomic E-state index is 12.6. The van der Waals surface area contributed by atoms with E-state index in [1.165, 1.54) is 11.1 Å². The van der Waals surface area contributed by atoms with Gasteiger partial charge in [0.05, 0.1) is 11.1 Å². The number of benzene rings is 1. The fourth-order valence-electron chi connectivity index (χ4n) is 3.17. The summed E-state index contributed by atoms with van der Waals surface area (Å²) in [6, 6.07) is 7.71. The normalized spacial score (nSPS) is 16.5. The fourth-order valence-corrected chi connectivity index (χ4v) is 3.36. The van der Waals surface area contributed by atoms with Gasteiger partial charge in [0.2, 0.25) is 0 Å². The number of amides is 1. The van der Waals surface area contributed by atoms with Crippen molar-refractivity contribution >= 4 is 28.7 Å². The number of H-pyrrole nitrogens is 1. The Balaban J connectivity index is 1.57. The first-order chi connectivity index (χ1) is 11.1. The molecule has 3 aromatic rings. The topological polar surface area (TPSA) is 70.7 Å². The van der Waals surface area contributed by atoms with Gasteiger partial charge in [0.15, 0.2) is 5.65 Å². The molecule has 0 saturated heterocycles. The van der Waals surface area contributed by atoms with E-state index >= 15 is 0 Å². The standard InChI is InChI=1S/C17H15ClN4O/c1-9-20-15-14(4-5-19-16(15)21-9)17(23)22-13-7-10-2-3-12(18)6-11(10)8-13/h2-6,13H,7-8H2,1H3,(H,22,23)(H,19,20,21). The van der Waals surface area contributed by atoms with E-state index in [9.17, 15) is 4.79 Å². The number of nitrogens with one attached hydrogen (secondary N) is 2. The van der Waals surface area contributed by atoms with Crippen LogP contribution in [0.4, 0.5) is 0 Å². The number of carbonyl (C=O) groups is 1. The van der Waals surface area contributed by atoms with E-state index in [4.69, 9.17) is 11.6 Å². The summed E-state index contributed by atoms with van der Waals surface area (Å²) in [4.78, 5) is 24.2. The molecule has 0 saturated carbocycles. The van der Waals surface area contributed by atoms with Crippen molar-refractivity contribution in [3.8, 4) is 0 Å². The molecule has 0 bridgehead atoms. The lowest BCUT2D eigenvalue weighted by Gasteiger charge is -2.12. The summed E-state index contributed by atoms with van der Waals surface area (Å²) in [6.45, 7) is 1.85. The molecule has 0 spiro atoms. The number of fused-ring (bicyclic) bond motifs is 2. The average Bonchev–Trinajstić information content (AvgIpc) is 3.07. The van der Waals surface area contributed by atoms with Crippen molar-refractivity contribution in [3.63, 3.8) is 0 Å². The molecule has 0 radical (unpaired) electrons. The number of hydrogen-bond donors (Lipinski definition) is 2. The predicted molar refractivity (Wildman–Crippen MR) is 88.7 cm³/mol. The Morgan fingerprint density at radius 1 is 1.30 bits per heavy atom. The Morgan fingerprint density at radius 3 is 3.00 bits per heavy atom. The lowest BCUT2D eigenvalue weighted by molar-refractivity contribution is 0.0940. The van der Waals surface area contributed by atoms with E-state index in [0.29, 0.717) is 16.7 Å². The Hall–Kier alpha value is -2.40. The van der Waals surface area contributed by atoms with E-state index in [1.54, 1.807) is 12.3 Å². The van der Waals surface area contributed by atoms with E-state index < -0.39 is 0 Å². The van der Waals surface area contributed by atoms with Gasteiger partial charge in [-0.25, -0.2) is 9.97 Å². The number of aromatic nitrogens is 3. The second-order valence-corrected chi connectivity index (χ2v) is 6.31. The van der Waals surface area contributed by atoms with Crippen LogP contribution in [0.2, 0.25) is 5.02 Å². The Morgan fingerprint density at radius 2 is 2.13 bits per heavy atom. The number of hydrogen-bond acceptors (Lipinski definition) is 3. The van der Waals surface area contributed by atoms with Crippen LogP contribution >= 0.6 is 11.6 Å². The molecular weight excluding hydrogens is 312 g/mol. The maximum Gasteiger partial charge on any atom is 0.253 e. The van der Waals surface area contributed by atoms with Crippen molar-refractivity contribution < 1.29 is 4.79 Å². The van der Waals surface area contributed by atoms with Gasteiger partial charge in [0.1, 0.15) is 5.82 Å². The zero-order valence-electron chi connectivity index (χ0n) is 12.6. The third-order valence-corrected chi connectivity index (χ3v) is 4.43. The van der Waals surface area contributed by atoms with Crippen molar-refractivity contribution in [2.24, 2.45) is 0 Å². The molecule has 1 aromatic carbocycles. The van der Waals surface area contributed by atoms with Gasteiger partial charge in [-0.15, -0.1) is 0 Å². The first kappa shape index (κ1) is 14.2. The van der Waals surface area contributed by atoms with Crippen LogP contribution in [0, 0.1) is 6.92 Å². The molecule has 1 aliphatic rings. The van der Waals surface area contributed by atoms with Crippen LogP contribution in [0.5, 0.6) is 0 Å². The van der Waals surface area contributed by atoms with Gasteiger partial charge in [0, 0.05) is 17.3 Å². The van der Waals surface area contributed by atoms with Crippen LogP contribution in [0.15, 0.2) is 30.5 Å². The van der Waals surface area contributed by atoms with Crippen molar-refractivity contribution in [2.45, 2.75) is 25.8 Å². The molecule has 0 fully saturated rings. The third-order valence-electron chi connectivity index (χ3n) is 4.19. The van der Waals surface area contributed by atoms with Gasteiger partial charge in [-0.2, -0.15) is 0 Å². The summed E-state index contributed by atoms with van der Waals surface area (Å²) in [5.74, 6) is 0.639. The zero-order chi connectivity index (χ0) is 16.0. The molecular formula is C17H15ClN4O. The van der Waals surface area contributed by atoms with Crippen LogP contribution in [-0.2, 0) is 12.8 Å². The maximum atomic E-state index is 12.6. The summed E-state index contributed by atoms with van der Waals surface area (Å²) in [5, 5.41) is 3.84. The van der Waals surface area contributed by atoms with Gasteiger partial charge in [-0.1, -0.05) is 17.7 Å². The summed E-state index contributed by atoms with van der Waals surface area (Å²) in [6.07, 6.45) is 3.24. The zero-order valence-corrected chi connectivity index (χ0v) is 13.3. The van der Waals surface area contributed by atoms with Crippen LogP contribution in [0.3, 0.4) is 0 Å². The van der Waals surface area contributed by atoms with Gasteiger partial charge in [-0.05, 0) is 49.1 Å². The van der Waals surface area contributed by atoms with Crippen LogP contribution in [-0.4, -0.2) is 26.9 Å². The quantitative estimate of drug-likeness (QED) is 0.760. The van der Waals surface area contributed by atoms with E-state index in [1.807, 2.05) is 25.1 Å². The largest absolute Gasteiger partial charge is 0.349 e. The molecule has 1 aliphatic carbocycles. The van der Waals surface area contributed by atoms with E-state index in [2.05, 4.69) is 20.3 Å². The Bertz CT molecular complexity index is 918. The molecule has 5 nitrogen and oxygen atoms in total. The van der Waals surface area contributed by atoms with E-state index in [-0.39, 0.29) is 11.9 Å². The number of halogens is 1. The molecule has 0 aliphatic heterocycles. The van der Waals surface area contributed by atoms with Gasteiger partial charge >= 0.3 is 0 Å². The molecule has 2 aromatic heterocycles. The second kappa shape index (κ2) is 5.35. The minimum absolute atomic E-state index is 0.0863. The molecule has 116 valence electrons. The highest BCUT2D eigenvalue weighted by atomic mass is 35.5. The molecule has 1 atom stereocenters. The number of rotatable bonds is 2. The lowest BCUT2D eigenvalue weighted by atomic mass is 10.1. The monoisotopic (exact) mass is 326 g/mol. The van der Waals surface area contributed by atoms with Crippen molar-refractivity contribution in [1.29, 1.82) is 0 Å². The number of pyridine rings is 1. The SMILES string of the molecule is Cc1nc2nccc(C(=O)NC3Cc4ccc(Cl)cc4C3)c2[nH]1. The number of carbonyl (C=O) groups excluding carboxylic acids is 1. The highest BCUT2D eigenvalue weighted by molar-refractivity contribution is 6.30. The molecule has 4 rings (SSSR count). The Labute approximate surface area is 138 Å². The number of aromatic amines is 1. The number of aryl methyl sites for hydroxylation is 1. The first-order valence-corrected chi connectivity index (χ1v) is 7.87. The van der Waals surface area contributed by atoms with Crippen LogP contribution < -0.4 is 5.32 Å². The highest BCUT2D eigenvalue weighted by Gasteiger charge is 2.24. The second-order valence-electron chi connectivity index (χ2n) is 5.87. The fraction of sp³-hybridized carbons (Fsp3) is 0.235. The smallest absolute Gasteiger partial charge is 0.253 e. The summed E-state index contributed by atoms with van der Waals surface area (Å²) in [5.41, 5.74) is 4.28. The van der Waals surface area contributed by atoms with Crippen molar-refractivity contribution in [3.05, 3.63) is 58.0 Å². The van der Waals surface area contributed by atoms with Crippen molar-refractivity contribution in [1.82, 2.24) is 20.3 Å². The average molecular weight is 327 g/mol. The molecule has 1 unspecified atom stereocenters. The minimum Gasteiger partial charge on any atom is -0.349 e. The van der Waals surface area contributed by atoms with Crippen molar-refractivity contribution in [2.75, 3.05) is 0 Å². The summed E-state index contributed by atoms with van der Waals surface area (Å²) >= 11 is 6.04. The number of imidazole rings is 1. The molecule has 1 amide bonds. The van der Waals surface area contributed by atoms with E-state index in [0.717, 1.165) is 23.7 Å². The van der Waals surface area contributed by atoms with Crippen LogP contribution in [0.1, 0.15) is 27.3 Å². The third kappa shape index (κ3) is 2.57. The minimum atomic E-state index is -0.107. The lowest BCUT2D eigenvalue weighted by Crippen LogP contribution is -2.35. The Kier molecular flexibility index (Phi) is 3.31. The van der Waals surface area contributed by atoms with Gasteiger partial charge in [0.25, 0.3) is 5.91 Å². The summed E-state index contributed by atoms with van der Waals surface area (Å²) < 4.78 is 0. The molecule has 23 heavy (non-hydrogen) atoms.